The van der Waals surface area contributed by atoms with Crippen molar-refractivity contribution in [2.45, 2.75) is 43.2 Å². The molecule has 1 aliphatic carbocycles. The van der Waals surface area contributed by atoms with Gasteiger partial charge < -0.3 is 16.6 Å². The van der Waals surface area contributed by atoms with Crippen LogP contribution < -0.4 is 11.5 Å². The van der Waals surface area contributed by atoms with Crippen molar-refractivity contribution in [1.82, 2.24) is 4.90 Å². The molecular weight excluding hydrogens is 352 g/mol. The predicted octanol–water partition coefficient (Wildman–Crippen LogP) is 2.43. The van der Waals surface area contributed by atoms with Gasteiger partial charge in [-0.1, -0.05) is 36.4 Å². The number of hydrogen-bond acceptors (Lipinski definition) is 5. The second kappa shape index (κ2) is 6.34. The molecule has 1 amide bonds. The molecule has 5 N–H and O–H groups in total. The highest BCUT2D eigenvalue weighted by Gasteiger charge is 2.47. The summed E-state index contributed by atoms with van der Waals surface area (Å²) in [5.41, 5.74) is 13.6. The van der Waals surface area contributed by atoms with Gasteiger partial charge in [0.15, 0.2) is 5.96 Å². The molecule has 1 unspecified atom stereocenters. The summed E-state index contributed by atoms with van der Waals surface area (Å²) < 4.78 is 0. The number of nitrogens with zero attached hydrogens (tertiary/aromatic N) is 2. The van der Waals surface area contributed by atoms with Crippen LogP contribution in [0.4, 0.5) is 5.69 Å². The molecule has 1 aliphatic heterocycles. The predicted molar refractivity (Wildman–Crippen MR) is 110 cm³/mol. The second-order valence-corrected chi connectivity index (χ2v) is 8.08. The van der Waals surface area contributed by atoms with Crippen molar-refractivity contribution in [2.24, 2.45) is 10.7 Å². The van der Waals surface area contributed by atoms with Gasteiger partial charge in [0.2, 0.25) is 5.91 Å². The van der Waals surface area contributed by atoms with E-state index in [0.29, 0.717) is 5.69 Å². The Labute approximate surface area is 164 Å². The maximum Gasteiger partial charge on any atom is 0.239 e. The quantitative estimate of drug-likeness (QED) is 0.713. The van der Waals surface area contributed by atoms with E-state index >= 15 is 0 Å². The van der Waals surface area contributed by atoms with E-state index in [-0.39, 0.29) is 11.9 Å². The molecule has 1 heterocycles. The molecule has 6 heteroatoms. The third-order valence-electron chi connectivity index (χ3n) is 6.26. The Balaban J connectivity index is 1.81. The number of rotatable bonds is 3. The Morgan fingerprint density at radius 1 is 1.11 bits per heavy atom. The van der Waals surface area contributed by atoms with Gasteiger partial charge in [-0.15, -0.1) is 0 Å². The molecule has 4 rings (SSSR count). The Hall–Kier alpha value is -2.86. The zero-order chi connectivity index (χ0) is 20.1. The molecule has 0 aromatic heterocycles. The van der Waals surface area contributed by atoms with Crippen LogP contribution in [-0.2, 0) is 15.9 Å². The van der Waals surface area contributed by atoms with Crippen LogP contribution in [0.2, 0.25) is 0 Å². The molecule has 0 bridgehead atoms. The lowest BCUT2D eigenvalue weighted by molar-refractivity contribution is -0.130. The number of guanidine groups is 1. The maximum atomic E-state index is 13.2. The number of carbonyl (C=O) groups excluding carboxylic acids is 1. The van der Waals surface area contributed by atoms with Crippen molar-refractivity contribution in [2.75, 3.05) is 12.8 Å². The number of amides is 1. The summed E-state index contributed by atoms with van der Waals surface area (Å²) in [6.45, 7) is 1.91. The first-order chi connectivity index (χ1) is 13.2. The molecular formula is C22H26N4O2. The summed E-state index contributed by atoms with van der Waals surface area (Å²) in [6.07, 6.45) is 2.59. The lowest BCUT2D eigenvalue weighted by Crippen LogP contribution is -2.52. The van der Waals surface area contributed by atoms with Crippen LogP contribution in [0.1, 0.15) is 48.8 Å². The average Bonchev–Trinajstić information content (AvgIpc) is 2.65. The number of aliphatic hydroxyl groups is 1. The minimum atomic E-state index is -0.877. The van der Waals surface area contributed by atoms with Crippen molar-refractivity contribution in [1.29, 1.82) is 0 Å². The number of hydrogen-bond donors (Lipinski definition) is 3. The van der Waals surface area contributed by atoms with E-state index in [1.165, 1.54) is 4.90 Å². The molecule has 1 saturated carbocycles. The third-order valence-corrected chi connectivity index (χ3v) is 6.26. The standard InChI is InChI=1S/C22H26N4O2/c1-21(16-5-3-6-17(23)13-16)18(19(27)26(2)20(24)25-21)14-7-9-15(10-8-14)22(28)11-4-12-22/h3,5-10,13,18,28H,4,11-12,23H2,1-2H3,(H2,24,25)/t18?,21-/m1/s1. The van der Waals surface area contributed by atoms with Crippen LogP contribution in [0.5, 0.6) is 0 Å². The van der Waals surface area contributed by atoms with Crippen LogP contribution in [0.25, 0.3) is 0 Å². The number of nitrogen functional groups attached to an aromatic ring is 1. The Morgan fingerprint density at radius 2 is 1.79 bits per heavy atom. The molecule has 2 aromatic rings. The summed E-state index contributed by atoms with van der Waals surface area (Å²) in [4.78, 5) is 19.3. The van der Waals surface area contributed by atoms with Crippen molar-refractivity contribution < 1.29 is 9.90 Å². The highest BCUT2D eigenvalue weighted by molar-refractivity contribution is 6.02. The fourth-order valence-corrected chi connectivity index (χ4v) is 4.26. The third kappa shape index (κ3) is 2.76. The fraction of sp³-hybridized carbons (Fsp3) is 0.364. The van der Waals surface area contributed by atoms with Gasteiger partial charge >= 0.3 is 0 Å². The summed E-state index contributed by atoms with van der Waals surface area (Å²) in [5.74, 6) is -0.476. The van der Waals surface area contributed by atoms with Crippen molar-refractivity contribution >= 4 is 17.6 Å². The van der Waals surface area contributed by atoms with Gasteiger partial charge in [-0.25, -0.2) is 4.99 Å². The minimum Gasteiger partial charge on any atom is -0.399 e. The Bertz CT molecular complexity index is 949. The number of aliphatic imine (C=N–C) groups is 1. The molecule has 0 radical (unpaired) electrons. The van der Waals surface area contributed by atoms with Gasteiger partial charge in [-0.05, 0) is 55.0 Å². The highest BCUT2D eigenvalue weighted by Crippen LogP contribution is 2.45. The number of anilines is 1. The SMILES string of the molecule is CN1C(=O)C(c2ccc(C3(O)CCC3)cc2)[C@@](C)(c2cccc(N)c2)N=C1N. The molecule has 2 aliphatic rings. The number of carbonyl (C=O) groups is 1. The van der Waals surface area contributed by atoms with Gasteiger partial charge in [0.25, 0.3) is 0 Å². The van der Waals surface area contributed by atoms with Gasteiger partial charge in [-0.2, -0.15) is 0 Å². The number of benzene rings is 2. The van der Waals surface area contributed by atoms with Crippen LogP contribution in [0, 0.1) is 0 Å². The molecule has 0 saturated heterocycles. The smallest absolute Gasteiger partial charge is 0.239 e. The van der Waals surface area contributed by atoms with Crippen LogP contribution in [0.15, 0.2) is 53.5 Å². The summed E-state index contributed by atoms with van der Waals surface area (Å²) in [5, 5.41) is 10.6. The minimum absolute atomic E-state index is 0.118. The summed E-state index contributed by atoms with van der Waals surface area (Å²) in [7, 11) is 1.64. The molecule has 2 atom stereocenters. The molecule has 2 aromatic carbocycles. The van der Waals surface area contributed by atoms with Crippen molar-refractivity contribution in [3.8, 4) is 0 Å². The van der Waals surface area contributed by atoms with E-state index in [4.69, 9.17) is 16.5 Å². The Kier molecular flexibility index (Phi) is 4.19. The summed E-state index contributed by atoms with van der Waals surface area (Å²) >= 11 is 0. The van der Waals surface area contributed by atoms with Crippen molar-refractivity contribution in [3.05, 3.63) is 65.2 Å². The van der Waals surface area contributed by atoms with Crippen LogP contribution in [0.3, 0.4) is 0 Å². The second-order valence-electron chi connectivity index (χ2n) is 8.08. The van der Waals surface area contributed by atoms with Gasteiger partial charge in [0, 0.05) is 12.7 Å². The zero-order valence-electron chi connectivity index (χ0n) is 16.2. The van der Waals surface area contributed by atoms with Gasteiger partial charge in [0.1, 0.15) is 5.54 Å². The summed E-state index contributed by atoms with van der Waals surface area (Å²) in [6, 6.07) is 15.1. The molecule has 146 valence electrons. The van der Waals surface area contributed by atoms with E-state index in [1.807, 2.05) is 49.4 Å². The highest BCUT2D eigenvalue weighted by atomic mass is 16.3. The topological polar surface area (TPSA) is 105 Å². The maximum absolute atomic E-state index is 13.2. The first kappa shape index (κ1) is 18.5. The number of nitrogens with two attached hydrogens (primary N) is 2. The lowest BCUT2D eigenvalue weighted by Gasteiger charge is -2.41. The largest absolute Gasteiger partial charge is 0.399 e. The van der Waals surface area contributed by atoms with Crippen LogP contribution in [-0.4, -0.2) is 28.9 Å². The zero-order valence-corrected chi connectivity index (χ0v) is 16.2. The van der Waals surface area contributed by atoms with E-state index in [0.717, 1.165) is 36.0 Å². The molecule has 6 nitrogen and oxygen atoms in total. The number of likely N-dealkylation sites (N-methyl/N-ethyl adjacent to an activating group) is 1. The van der Waals surface area contributed by atoms with Gasteiger partial charge in [0.05, 0.1) is 11.5 Å². The van der Waals surface area contributed by atoms with E-state index in [9.17, 15) is 9.90 Å². The fourth-order valence-electron chi connectivity index (χ4n) is 4.26. The Morgan fingerprint density at radius 3 is 2.36 bits per heavy atom. The molecule has 0 spiro atoms. The van der Waals surface area contributed by atoms with E-state index < -0.39 is 17.1 Å². The lowest BCUT2D eigenvalue weighted by atomic mass is 9.72. The first-order valence-corrected chi connectivity index (χ1v) is 9.56. The van der Waals surface area contributed by atoms with E-state index in [2.05, 4.69) is 0 Å². The van der Waals surface area contributed by atoms with Crippen LogP contribution >= 0.6 is 0 Å². The van der Waals surface area contributed by atoms with Crippen molar-refractivity contribution in [3.63, 3.8) is 0 Å². The van der Waals surface area contributed by atoms with E-state index in [1.54, 1.807) is 13.1 Å². The molecule has 28 heavy (non-hydrogen) atoms. The average molecular weight is 378 g/mol. The monoisotopic (exact) mass is 378 g/mol. The van der Waals surface area contributed by atoms with Gasteiger partial charge in [-0.3, -0.25) is 9.69 Å². The first-order valence-electron chi connectivity index (χ1n) is 9.56. The molecule has 1 fully saturated rings. The normalized spacial score (nSPS) is 26.5.